The van der Waals surface area contributed by atoms with Gasteiger partial charge in [-0.2, -0.15) is 5.26 Å². The van der Waals surface area contributed by atoms with Crippen LogP contribution < -0.4 is 10.5 Å². The van der Waals surface area contributed by atoms with Gasteiger partial charge in [-0.25, -0.2) is 0 Å². The van der Waals surface area contributed by atoms with E-state index in [1.54, 1.807) is 6.07 Å². The second-order valence-electron chi connectivity index (χ2n) is 4.21. The Kier molecular flexibility index (Phi) is 3.31. The maximum atomic E-state index is 8.86. The van der Waals surface area contributed by atoms with E-state index in [9.17, 15) is 0 Å². The predicted molar refractivity (Wildman–Crippen MR) is 63.1 cm³/mol. The number of rotatable bonds is 2. The lowest BCUT2D eigenvalue weighted by Crippen LogP contribution is -2.20. The van der Waals surface area contributed by atoms with Crippen molar-refractivity contribution in [2.24, 2.45) is 0 Å². The molecule has 1 aromatic rings. The number of para-hydroxylation sites is 1. The molecule has 2 N–H and O–H groups in total. The standard InChI is InChI=1S/C13H16N2O/c14-9-10-5-4-8-12(13(10)15)16-11-6-2-1-3-7-11/h4-5,8,11H,1-3,6-7,15H2. The second-order valence-corrected chi connectivity index (χ2v) is 4.21. The van der Waals surface area contributed by atoms with E-state index < -0.39 is 0 Å². The maximum absolute atomic E-state index is 8.86. The molecule has 3 nitrogen and oxygen atoms in total. The summed E-state index contributed by atoms with van der Waals surface area (Å²) in [6, 6.07) is 7.43. The molecule has 0 unspecified atom stereocenters. The van der Waals surface area contributed by atoms with Crippen LogP contribution in [-0.2, 0) is 0 Å². The van der Waals surface area contributed by atoms with Crippen LogP contribution in [0.3, 0.4) is 0 Å². The minimum Gasteiger partial charge on any atom is -0.488 e. The lowest BCUT2D eigenvalue weighted by atomic mass is 9.98. The van der Waals surface area contributed by atoms with Gasteiger partial charge in [-0.1, -0.05) is 12.5 Å². The summed E-state index contributed by atoms with van der Waals surface area (Å²) in [6.07, 6.45) is 6.20. The average Bonchev–Trinajstić information content (AvgIpc) is 2.33. The van der Waals surface area contributed by atoms with E-state index in [2.05, 4.69) is 6.07 Å². The van der Waals surface area contributed by atoms with Crippen molar-refractivity contribution in [1.29, 1.82) is 5.26 Å². The Labute approximate surface area is 95.8 Å². The molecule has 0 aromatic heterocycles. The van der Waals surface area contributed by atoms with Crippen LogP contribution >= 0.6 is 0 Å². The van der Waals surface area contributed by atoms with Crippen LogP contribution in [0.2, 0.25) is 0 Å². The molecular formula is C13H16N2O. The van der Waals surface area contributed by atoms with Crippen molar-refractivity contribution in [3.63, 3.8) is 0 Å². The fourth-order valence-electron chi connectivity index (χ4n) is 2.11. The summed E-state index contributed by atoms with van der Waals surface area (Å²) >= 11 is 0. The second kappa shape index (κ2) is 4.89. The molecule has 0 aliphatic heterocycles. The molecule has 0 bridgehead atoms. The van der Waals surface area contributed by atoms with E-state index in [0.29, 0.717) is 17.0 Å². The van der Waals surface area contributed by atoms with Gasteiger partial charge in [-0.15, -0.1) is 0 Å². The normalized spacial score (nSPS) is 16.7. The number of nitrogen functional groups attached to an aromatic ring is 1. The highest BCUT2D eigenvalue weighted by Gasteiger charge is 2.16. The highest BCUT2D eigenvalue weighted by molar-refractivity contribution is 5.63. The molecule has 0 atom stereocenters. The Balaban J connectivity index is 2.12. The number of hydrogen-bond acceptors (Lipinski definition) is 3. The molecule has 1 fully saturated rings. The molecule has 0 spiro atoms. The predicted octanol–water partition coefficient (Wildman–Crippen LogP) is 2.85. The quantitative estimate of drug-likeness (QED) is 0.773. The van der Waals surface area contributed by atoms with Crippen LogP contribution in [0.4, 0.5) is 5.69 Å². The Morgan fingerprint density at radius 2 is 2.00 bits per heavy atom. The molecule has 1 aromatic carbocycles. The minimum absolute atomic E-state index is 0.269. The number of nitrogens with zero attached hydrogens (tertiary/aromatic N) is 1. The van der Waals surface area contributed by atoms with Crippen LogP contribution in [0.25, 0.3) is 0 Å². The van der Waals surface area contributed by atoms with Gasteiger partial charge in [0.2, 0.25) is 0 Å². The van der Waals surface area contributed by atoms with Crippen molar-refractivity contribution in [3.8, 4) is 11.8 Å². The third kappa shape index (κ3) is 2.27. The van der Waals surface area contributed by atoms with E-state index in [-0.39, 0.29) is 6.10 Å². The molecule has 84 valence electrons. The minimum atomic E-state index is 0.269. The summed E-state index contributed by atoms with van der Waals surface area (Å²) in [5.74, 6) is 0.658. The highest BCUT2D eigenvalue weighted by Crippen LogP contribution is 2.29. The van der Waals surface area contributed by atoms with Crippen molar-refractivity contribution < 1.29 is 4.74 Å². The smallest absolute Gasteiger partial charge is 0.143 e. The maximum Gasteiger partial charge on any atom is 0.143 e. The third-order valence-electron chi connectivity index (χ3n) is 3.03. The van der Waals surface area contributed by atoms with Gasteiger partial charge >= 0.3 is 0 Å². The van der Waals surface area contributed by atoms with Gasteiger partial charge in [-0.3, -0.25) is 0 Å². The van der Waals surface area contributed by atoms with Crippen LogP contribution in [0.15, 0.2) is 18.2 Å². The van der Waals surface area contributed by atoms with Gasteiger partial charge in [-0.05, 0) is 37.8 Å². The zero-order valence-corrected chi connectivity index (χ0v) is 9.28. The molecule has 1 aliphatic rings. The highest BCUT2D eigenvalue weighted by atomic mass is 16.5. The Morgan fingerprint density at radius 3 is 2.69 bits per heavy atom. The number of ether oxygens (including phenoxy) is 1. The largest absolute Gasteiger partial charge is 0.488 e. The van der Waals surface area contributed by atoms with Gasteiger partial charge in [0.05, 0.1) is 17.4 Å². The number of benzene rings is 1. The molecule has 16 heavy (non-hydrogen) atoms. The van der Waals surface area contributed by atoms with Crippen LogP contribution in [0.1, 0.15) is 37.7 Å². The summed E-state index contributed by atoms with van der Waals surface area (Å²) in [5, 5.41) is 8.86. The van der Waals surface area contributed by atoms with Crippen molar-refractivity contribution in [1.82, 2.24) is 0 Å². The average molecular weight is 216 g/mol. The van der Waals surface area contributed by atoms with Crippen molar-refractivity contribution in [2.75, 3.05) is 5.73 Å². The number of hydrogen-bond donors (Lipinski definition) is 1. The Bertz CT molecular complexity index is 403. The molecule has 1 aliphatic carbocycles. The van der Waals surface area contributed by atoms with Crippen molar-refractivity contribution in [3.05, 3.63) is 23.8 Å². The van der Waals surface area contributed by atoms with Crippen LogP contribution in [-0.4, -0.2) is 6.10 Å². The van der Waals surface area contributed by atoms with E-state index >= 15 is 0 Å². The SMILES string of the molecule is N#Cc1cccc(OC2CCCCC2)c1N. The molecular weight excluding hydrogens is 200 g/mol. The lowest BCUT2D eigenvalue weighted by Gasteiger charge is -2.23. The monoisotopic (exact) mass is 216 g/mol. The molecule has 3 heteroatoms. The first kappa shape index (κ1) is 10.8. The number of nitrogens with two attached hydrogens (primary N) is 1. The first-order valence-electron chi connectivity index (χ1n) is 5.76. The molecule has 0 radical (unpaired) electrons. The van der Waals surface area contributed by atoms with Gasteiger partial charge in [0, 0.05) is 0 Å². The summed E-state index contributed by atoms with van der Waals surface area (Å²) in [7, 11) is 0. The zero-order valence-electron chi connectivity index (χ0n) is 9.28. The summed E-state index contributed by atoms with van der Waals surface area (Å²) in [4.78, 5) is 0. The molecule has 0 saturated heterocycles. The van der Waals surface area contributed by atoms with Crippen LogP contribution in [0, 0.1) is 11.3 Å². The fraction of sp³-hybridized carbons (Fsp3) is 0.462. The van der Waals surface area contributed by atoms with Gasteiger partial charge in [0.15, 0.2) is 0 Å². The van der Waals surface area contributed by atoms with E-state index in [1.807, 2.05) is 12.1 Å². The lowest BCUT2D eigenvalue weighted by molar-refractivity contribution is 0.156. The van der Waals surface area contributed by atoms with E-state index in [1.165, 1.54) is 19.3 Å². The zero-order chi connectivity index (χ0) is 11.4. The summed E-state index contributed by atoms with van der Waals surface area (Å²) in [5.41, 5.74) is 6.83. The Hall–Kier alpha value is -1.69. The molecule has 0 amide bonds. The van der Waals surface area contributed by atoms with Gasteiger partial charge < -0.3 is 10.5 Å². The summed E-state index contributed by atoms with van der Waals surface area (Å²) < 4.78 is 5.85. The van der Waals surface area contributed by atoms with Gasteiger partial charge in [0.25, 0.3) is 0 Å². The van der Waals surface area contributed by atoms with E-state index in [4.69, 9.17) is 15.7 Å². The topological polar surface area (TPSA) is 59.0 Å². The van der Waals surface area contributed by atoms with Gasteiger partial charge in [0.1, 0.15) is 11.8 Å². The van der Waals surface area contributed by atoms with Crippen LogP contribution in [0.5, 0.6) is 5.75 Å². The van der Waals surface area contributed by atoms with Crippen molar-refractivity contribution in [2.45, 2.75) is 38.2 Å². The third-order valence-corrected chi connectivity index (χ3v) is 3.03. The van der Waals surface area contributed by atoms with E-state index in [0.717, 1.165) is 12.8 Å². The summed E-state index contributed by atoms with van der Waals surface area (Å²) in [6.45, 7) is 0. The first-order chi connectivity index (χ1) is 7.81. The number of anilines is 1. The Morgan fingerprint density at radius 1 is 1.25 bits per heavy atom. The first-order valence-corrected chi connectivity index (χ1v) is 5.76. The number of nitriles is 1. The fourth-order valence-corrected chi connectivity index (χ4v) is 2.11. The molecule has 2 rings (SSSR count). The molecule has 1 saturated carbocycles. The molecule has 0 heterocycles. The van der Waals surface area contributed by atoms with Crippen molar-refractivity contribution >= 4 is 5.69 Å².